The van der Waals surface area contributed by atoms with Gasteiger partial charge in [-0.1, -0.05) is 30.3 Å². The lowest BCUT2D eigenvalue weighted by molar-refractivity contribution is 0.210. The molecule has 0 radical (unpaired) electrons. The normalized spacial score (nSPS) is 18.6. The zero-order valence-corrected chi connectivity index (χ0v) is 15.9. The molecule has 7 nitrogen and oxygen atoms in total. The first-order valence-electron chi connectivity index (χ1n) is 8.59. The molecule has 1 aliphatic heterocycles. The molecule has 1 aromatic carbocycles. The molecule has 8 heteroatoms. The molecule has 2 heterocycles. The van der Waals surface area contributed by atoms with Crippen molar-refractivity contribution in [1.29, 1.82) is 0 Å². The number of hydrogen-bond donors (Lipinski definition) is 1. The number of sulfone groups is 1. The quantitative estimate of drug-likeness (QED) is 0.738. The number of ether oxygens (including phenoxy) is 1. The summed E-state index contributed by atoms with van der Waals surface area (Å²) in [6, 6.07) is 11.5. The minimum Gasteiger partial charge on any atom is -0.383 e. The molecule has 1 unspecified atom stereocenters. The van der Waals surface area contributed by atoms with Crippen LogP contribution in [-0.4, -0.2) is 63.2 Å². The van der Waals surface area contributed by atoms with Crippen LogP contribution in [0.1, 0.15) is 6.42 Å². The summed E-state index contributed by atoms with van der Waals surface area (Å²) >= 11 is 0. The maximum atomic E-state index is 11.8. The molecule has 1 saturated heterocycles. The van der Waals surface area contributed by atoms with Crippen molar-refractivity contribution in [3.05, 3.63) is 36.4 Å². The topological polar surface area (TPSA) is 84.4 Å². The Hall–Kier alpha value is -2.19. The lowest BCUT2D eigenvalue weighted by Crippen LogP contribution is -2.33. The largest absolute Gasteiger partial charge is 0.383 e. The number of nitrogens with one attached hydrogen (secondary N) is 1. The Morgan fingerprint density at radius 3 is 2.69 bits per heavy atom. The van der Waals surface area contributed by atoms with E-state index in [9.17, 15) is 8.42 Å². The fraction of sp³-hybridized carbons (Fsp3) is 0.444. The first kappa shape index (κ1) is 18.6. The van der Waals surface area contributed by atoms with Crippen molar-refractivity contribution in [1.82, 2.24) is 9.97 Å². The van der Waals surface area contributed by atoms with Crippen LogP contribution in [0.4, 0.5) is 11.6 Å². The molecule has 1 fully saturated rings. The Bertz CT molecular complexity index is 843. The van der Waals surface area contributed by atoms with Crippen LogP contribution in [0.5, 0.6) is 0 Å². The van der Waals surface area contributed by atoms with Crippen LogP contribution in [0.3, 0.4) is 0 Å². The summed E-state index contributed by atoms with van der Waals surface area (Å²) in [5.41, 5.74) is 0.914. The molecular formula is C18H24N4O3S. The molecule has 0 aliphatic carbocycles. The van der Waals surface area contributed by atoms with Gasteiger partial charge in [0.05, 0.1) is 18.1 Å². The van der Waals surface area contributed by atoms with E-state index in [1.165, 1.54) is 0 Å². The number of aromatic nitrogens is 2. The van der Waals surface area contributed by atoms with Gasteiger partial charge in [-0.05, 0) is 6.42 Å². The fourth-order valence-corrected chi connectivity index (χ4v) is 4.75. The van der Waals surface area contributed by atoms with Crippen molar-refractivity contribution < 1.29 is 13.2 Å². The smallest absolute Gasteiger partial charge is 0.163 e. The number of anilines is 2. The lowest BCUT2D eigenvalue weighted by atomic mass is 10.2. The SMILES string of the molecule is COCCNc1cc(N(C)C2CCS(=O)(=O)C2)nc(-c2ccccc2)n1. The monoisotopic (exact) mass is 376 g/mol. The highest BCUT2D eigenvalue weighted by molar-refractivity contribution is 7.91. The van der Waals surface area contributed by atoms with E-state index in [-0.39, 0.29) is 17.5 Å². The lowest BCUT2D eigenvalue weighted by Gasteiger charge is -2.25. The molecule has 26 heavy (non-hydrogen) atoms. The third kappa shape index (κ3) is 4.50. The Labute approximate surface area is 154 Å². The van der Waals surface area contributed by atoms with Gasteiger partial charge < -0.3 is 15.0 Å². The minimum absolute atomic E-state index is 0.0645. The van der Waals surface area contributed by atoms with Gasteiger partial charge in [0, 0.05) is 38.4 Å². The van der Waals surface area contributed by atoms with E-state index in [4.69, 9.17) is 4.74 Å². The third-order valence-electron chi connectivity index (χ3n) is 4.47. The number of nitrogens with zero attached hydrogens (tertiary/aromatic N) is 3. The Morgan fingerprint density at radius 2 is 2.04 bits per heavy atom. The van der Waals surface area contributed by atoms with Gasteiger partial charge in [0.25, 0.3) is 0 Å². The van der Waals surface area contributed by atoms with Crippen molar-refractivity contribution in [2.45, 2.75) is 12.5 Å². The van der Waals surface area contributed by atoms with Crippen LogP contribution in [0.15, 0.2) is 36.4 Å². The summed E-state index contributed by atoms with van der Waals surface area (Å²) in [5.74, 6) is 2.41. The summed E-state index contributed by atoms with van der Waals surface area (Å²) in [7, 11) is 0.584. The van der Waals surface area contributed by atoms with Crippen LogP contribution in [0, 0.1) is 0 Å². The van der Waals surface area contributed by atoms with E-state index in [1.54, 1.807) is 7.11 Å². The van der Waals surface area contributed by atoms with Gasteiger partial charge in [-0.3, -0.25) is 0 Å². The standard InChI is InChI=1S/C18H24N4O3S/c1-22(15-8-11-26(23,24)13-15)17-12-16(19-9-10-25-2)20-18(21-17)14-6-4-3-5-7-14/h3-7,12,15H,8-11,13H2,1-2H3,(H,19,20,21). The minimum atomic E-state index is -2.96. The van der Waals surface area contributed by atoms with Gasteiger partial charge in [-0.2, -0.15) is 0 Å². The summed E-state index contributed by atoms with van der Waals surface area (Å²) in [4.78, 5) is 11.2. The zero-order chi connectivity index (χ0) is 18.6. The maximum absolute atomic E-state index is 11.8. The van der Waals surface area contributed by atoms with Crippen molar-refractivity contribution in [2.75, 3.05) is 49.0 Å². The Balaban J connectivity index is 1.91. The van der Waals surface area contributed by atoms with E-state index >= 15 is 0 Å². The molecule has 140 valence electrons. The highest BCUT2D eigenvalue weighted by Crippen LogP contribution is 2.26. The Kier molecular flexibility index (Phi) is 5.73. The molecule has 0 saturated carbocycles. The molecule has 1 aromatic heterocycles. The van der Waals surface area contributed by atoms with E-state index in [2.05, 4.69) is 15.3 Å². The van der Waals surface area contributed by atoms with Gasteiger partial charge in [-0.15, -0.1) is 0 Å². The number of methoxy groups -OCH3 is 1. The second-order valence-electron chi connectivity index (χ2n) is 6.39. The summed E-state index contributed by atoms with van der Waals surface area (Å²) in [6.07, 6.45) is 0.621. The summed E-state index contributed by atoms with van der Waals surface area (Å²) in [5, 5.41) is 3.24. The van der Waals surface area contributed by atoms with E-state index < -0.39 is 9.84 Å². The zero-order valence-electron chi connectivity index (χ0n) is 15.1. The van der Waals surface area contributed by atoms with Crippen LogP contribution < -0.4 is 10.2 Å². The van der Waals surface area contributed by atoms with Gasteiger partial charge in [-0.25, -0.2) is 18.4 Å². The van der Waals surface area contributed by atoms with Crippen LogP contribution in [0.2, 0.25) is 0 Å². The highest BCUT2D eigenvalue weighted by atomic mass is 32.2. The first-order valence-corrected chi connectivity index (χ1v) is 10.4. The van der Waals surface area contributed by atoms with Crippen LogP contribution in [0.25, 0.3) is 11.4 Å². The molecule has 1 atom stereocenters. The van der Waals surface area contributed by atoms with Crippen molar-refractivity contribution >= 4 is 21.5 Å². The summed E-state index contributed by atoms with van der Waals surface area (Å²) in [6.45, 7) is 1.19. The first-order chi connectivity index (χ1) is 12.5. The number of rotatable bonds is 7. The summed E-state index contributed by atoms with van der Waals surface area (Å²) < 4.78 is 28.7. The van der Waals surface area contributed by atoms with Crippen LogP contribution >= 0.6 is 0 Å². The van der Waals surface area contributed by atoms with Gasteiger partial charge >= 0.3 is 0 Å². The van der Waals surface area contributed by atoms with E-state index in [1.807, 2.05) is 48.3 Å². The van der Waals surface area contributed by atoms with Gasteiger partial charge in [0.1, 0.15) is 11.6 Å². The molecule has 3 rings (SSSR count). The van der Waals surface area contributed by atoms with E-state index in [0.717, 1.165) is 5.56 Å². The number of hydrogen-bond acceptors (Lipinski definition) is 7. The highest BCUT2D eigenvalue weighted by Gasteiger charge is 2.31. The number of benzene rings is 1. The fourth-order valence-electron chi connectivity index (χ4n) is 2.97. The van der Waals surface area contributed by atoms with Crippen molar-refractivity contribution in [3.8, 4) is 11.4 Å². The average molecular weight is 376 g/mol. The van der Waals surface area contributed by atoms with Gasteiger partial charge in [0.15, 0.2) is 15.7 Å². The van der Waals surface area contributed by atoms with Crippen molar-refractivity contribution in [2.24, 2.45) is 0 Å². The van der Waals surface area contributed by atoms with Crippen molar-refractivity contribution in [3.63, 3.8) is 0 Å². The second-order valence-corrected chi connectivity index (χ2v) is 8.62. The Morgan fingerprint density at radius 1 is 1.27 bits per heavy atom. The second kappa shape index (κ2) is 8.01. The molecule has 0 amide bonds. The molecule has 2 aromatic rings. The molecule has 1 N–H and O–H groups in total. The molecular weight excluding hydrogens is 352 g/mol. The predicted octanol–water partition coefficient (Wildman–Crippen LogP) is 1.83. The maximum Gasteiger partial charge on any atom is 0.163 e. The van der Waals surface area contributed by atoms with E-state index in [0.29, 0.717) is 37.0 Å². The van der Waals surface area contributed by atoms with Gasteiger partial charge in [0.2, 0.25) is 0 Å². The molecule has 0 bridgehead atoms. The molecule has 1 aliphatic rings. The third-order valence-corrected chi connectivity index (χ3v) is 6.22. The molecule has 0 spiro atoms. The predicted molar refractivity (Wildman–Crippen MR) is 103 cm³/mol. The van der Waals surface area contributed by atoms with Crippen LogP contribution in [-0.2, 0) is 14.6 Å². The average Bonchev–Trinajstić information content (AvgIpc) is 3.01.